The minimum absolute atomic E-state index is 0.000350. The molecule has 17 heavy (non-hydrogen) atoms. The Morgan fingerprint density at radius 1 is 1.53 bits per heavy atom. The molecule has 94 valence electrons. The quantitative estimate of drug-likeness (QED) is 0.636. The number of pyridine rings is 1. The number of esters is 1. The summed E-state index contributed by atoms with van der Waals surface area (Å²) in [5.41, 5.74) is -1.09. The van der Waals surface area contributed by atoms with Crippen molar-refractivity contribution in [1.82, 2.24) is 4.98 Å². The van der Waals surface area contributed by atoms with Gasteiger partial charge in [-0.2, -0.15) is 13.2 Å². The van der Waals surface area contributed by atoms with Crippen molar-refractivity contribution in [3.8, 4) is 0 Å². The highest BCUT2D eigenvalue weighted by atomic mass is 79.9. The van der Waals surface area contributed by atoms with E-state index in [9.17, 15) is 18.0 Å². The highest BCUT2D eigenvalue weighted by molar-refractivity contribution is 9.10. The van der Waals surface area contributed by atoms with E-state index in [1.54, 1.807) is 6.92 Å². The van der Waals surface area contributed by atoms with Crippen molar-refractivity contribution in [1.29, 1.82) is 0 Å². The second kappa shape index (κ2) is 5.48. The second-order valence-corrected chi connectivity index (χ2v) is 3.86. The summed E-state index contributed by atoms with van der Waals surface area (Å²) in [6.45, 7) is 1.71. The first-order valence-corrected chi connectivity index (χ1v) is 5.51. The van der Waals surface area contributed by atoms with E-state index in [0.29, 0.717) is 0 Å². The molecule has 1 heterocycles. The predicted octanol–water partition coefficient (Wildman–Crippen LogP) is 2.97. The molecular formula is C10H9BrF3NO2. The molecule has 1 aromatic heterocycles. The summed E-state index contributed by atoms with van der Waals surface area (Å²) in [4.78, 5) is 14.9. The van der Waals surface area contributed by atoms with Gasteiger partial charge in [-0.1, -0.05) is 0 Å². The van der Waals surface area contributed by atoms with E-state index in [0.717, 1.165) is 12.3 Å². The zero-order valence-corrected chi connectivity index (χ0v) is 10.4. The van der Waals surface area contributed by atoms with E-state index >= 15 is 0 Å². The standard InChI is InChI=1S/C10H9BrF3NO2/c1-2-17-8(16)5-6-7(10(12,13)14)3-4-15-9(6)11/h3-4H,2,5H2,1H3. The average molecular weight is 312 g/mol. The lowest BCUT2D eigenvalue weighted by molar-refractivity contribution is -0.143. The van der Waals surface area contributed by atoms with Crippen LogP contribution in [0.4, 0.5) is 13.2 Å². The Morgan fingerprint density at radius 2 is 2.18 bits per heavy atom. The number of nitrogens with zero attached hydrogens (tertiary/aromatic N) is 1. The smallest absolute Gasteiger partial charge is 0.416 e. The van der Waals surface area contributed by atoms with Gasteiger partial charge in [0.15, 0.2) is 0 Å². The first-order chi connectivity index (χ1) is 7.86. The maximum atomic E-state index is 12.7. The van der Waals surface area contributed by atoms with Crippen LogP contribution in [-0.4, -0.2) is 17.6 Å². The average Bonchev–Trinajstić information content (AvgIpc) is 2.19. The zero-order valence-electron chi connectivity index (χ0n) is 8.84. The van der Waals surface area contributed by atoms with Gasteiger partial charge < -0.3 is 4.74 Å². The summed E-state index contributed by atoms with van der Waals surface area (Å²) in [5, 5.41) is 0. The van der Waals surface area contributed by atoms with Gasteiger partial charge in [-0.05, 0) is 28.9 Å². The molecule has 0 radical (unpaired) electrons. The molecule has 0 aliphatic heterocycles. The van der Waals surface area contributed by atoms with Crippen LogP contribution in [0.2, 0.25) is 0 Å². The number of halogens is 4. The molecule has 0 aliphatic rings. The molecule has 0 atom stereocenters. The molecule has 0 aliphatic carbocycles. The summed E-state index contributed by atoms with van der Waals surface area (Å²) in [6.07, 6.45) is -3.95. The summed E-state index contributed by atoms with van der Waals surface area (Å²) in [7, 11) is 0. The van der Waals surface area contributed by atoms with Gasteiger partial charge in [0.25, 0.3) is 0 Å². The Bertz CT molecular complexity index is 421. The van der Waals surface area contributed by atoms with Crippen LogP contribution in [0.3, 0.4) is 0 Å². The molecule has 7 heteroatoms. The number of alkyl halides is 3. The summed E-state index contributed by atoms with van der Waals surface area (Å²) in [5.74, 6) is -0.716. The van der Waals surface area contributed by atoms with Gasteiger partial charge in [0.05, 0.1) is 18.6 Å². The van der Waals surface area contributed by atoms with Crippen LogP contribution in [0, 0.1) is 0 Å². The second-order valence-electron chi connectivity index (χ2n) is 3.11. The molecule has 0 bridgehead atoms. The topological polar surface area (TPSA) is 39.2 Å². The molecule has 0 amide bonds. The van der Waals surface area contributed by atoms with E-state index in [1.807, 2.05) is 0 Å². The van der Waals surface area contributed by atoms with Crippen molar-refractivity contribution in [2.24, 2.45) is 0 Å². The third-order valence-electron chi connectivity index (χ3n) is 1.94. The first kappa shape index (κ1) is 14.0. The largest absolute Gasteiger partial charge is 0.466 e. The molecule has 0 spiro atoms. The minimum Gasteiger partial charge on any atom is -0.466 e. The Labute approximate surface area is 104 Å². The Hall–Kier alpha value is -1.11. The molecule has 3 nitrogen and oxygen atoms in total. The molecule has 0 fully saturated rings. The molecule has 1 rings (SSSR count). The van der Waals surface area contributed by atoms with Crippen molar-refractivity contribution in [2.75, 3.05) is 6.61 Å². The number of hydrogen-bond acceptors (Lipinski definition) is 3. The number of carbonyl (C=O) groups excluding carboxylic acids is 1. The van der Waals surface area contributed by atoms with E-state index in [4.69, 9.17) is 0 Å². The van der Waals surface area contributed by atoms with Gasteiger partial charge in [-0.3, -0.25) is 4.79 Å². The molecular weight excluding hydrogens is 303 g/mol. The van der Waals surface area contributed by atoms with Gasteiger partial charge in [0.2, 0.25) is 0 Å². The predicted molar refractivity (Wildman–Crippen MR) is 57.3 cm³/mol. The fourth-order valence-electron chi connectivity index (χ4n) is 1.26. The minimum atomic E-state index is -4.52. The Morgan fingerprint density at radius 3 is 2.71 bits per heavy atom. The maximum absolute atomic E-state index is 12.7. The number of carbonyl (C=O) groups is 1. The fourth-order valence-corrected chi connectivity index (χ4v) is 1.73. The highest BCUT2D eigenvalue weighted by Crippen LogP contribution is 2.34. The van der Waals surface area contributed by atoms with E-state index < -0.39 is 24.1 Å². The summed E-state index contributed by atoms with van der Waals surface area (Å²) < 4.78 is 42.6. The van der Waals surface area contributed by atoms with Gasteiger partial charge in [0, 0.05) is 11.8 Å². The van der Waals surface area contributed by atoms with Gasteiger partial charge in [-0.15, -0.1) is 0 Å². The number of ether oxygens (including phenoxy) is 1. The van der Waals surface area contributed by atoms with Crippen molar-refractivity contribution < 1.29 is 22.7 Å². The van der Waals surface area contributed by atoms with Gasteiger partial charge >= 0.3 is 12.1 Å². The molecule has 0 aromatic carbocycles. The molecule has 0 unspecified atom stereocenters. The maximum Gasteiger partial charge on any atom is 0.416 e. The van der Waals surface area contributed by atoms with E-state index in [-0.39, 0.29) is 16.8 Å². The van der Waals surface area contributed by atoms with Crippen LogP contribution in [0.25, 0.3) is 0 Å². The molecule has 0 N–H and O–H groups in total. The van der Waals surface area contributed by atoms with Crippen molar-refractivity contribution in [3.05, 3.63) is 28.0 Å². The van der Waals surface area contributed by atoms with E-state index in [2.05, 4.69) is 25.7 Å². The fraction of sp³-hybridized carbons (Fsp3) is 0.400. The van der Waals surface area contributed by atoms with Crippen LogP contribution in [0.5, 0.6) is 0 Å². The highest BCUT2D eigenvalue weighted by Gasteiger charge is 2.35. The normalized spacial score (nSPS) is 11.4. The van der Waals surface area contributed by atoms with Crippen molar-refractivity contribution in [2.45, 2.75) is 19.5 Å². The Balaban J connectivity index is 3.09. The lowest BCUT2D eigenvalue weighted by Crippen LogP contribution is -2.15. The lowest BCUT2D eigenvalue weighted by atomic mass is 10.1. The molecule has 0 saturated carbocycles. The monoisotopic (exact) mass is 311 g/mol. The lowest BCUT2D eigenvalue weighted by Gasteiger charge is -2.13. The van der Waals surface area contributed by atoms with Crippen LogP contribution in [-0.2, 0) is 22.1 Å². The number of hydrogen-bond donors (Lipinski definition) is 0. The van der Waals surface area contributed by atoms with Gasteiger partial charge in [-0.25, -0.2) is 4.98 Å². The summed E-state index contributed by atoms with van der Waals surface area (Å²) >= 11 is 2.90. The summed E-state index contributed by atoms with van der Waals surface area (Å²) in [6, 6.07) is 0.833. The van der Waals surface area contributed by atoms with Gasteiger partial charge in [0.1, 0.15) is 4.60 Å². The third kappa shape index (κ3) is 3.69. The molecule has 1 aromatic rings. The van der Waals surface area contributed by atoms with Crippen LogP contribution in [0.15, 0.2) is 16.9 Å². The first-order valence-electron chi connectivity index (χ1n) is 4.72. The number of rotatable bonds is 3. The van der Waals surface area contributed by atoms with Crippen LogP contribution < -0.4 is 0 Å². The number of aromatic nitrogens is 1. The third-order valence-corrected chi connectivity index (χ3v) is 2.62. The Kier molecular flexibility index (Phi) is 4.50. The van der Waals surface area contributed by atoms with Crippen molar-refractivity contribution in [3.63, 3.8) is 0 Å². The van der Waals surface area contributed by atoms with Crippen molar-refractivity contribution >= 4 is 21.9 Å². The SMILES string of the molecule is CCOC(=O)Cc1c(C(F)(F)F)ccnc1Br. The van der Waals surface area contributed by atoms with Crippen LogP contribution >= 0.6 is 15.9 Å². The molecule has 0 saturated heterocycles. The van der Waals surface area contributed by atoms with Crippen LogP contribution in [0.1, 0.15) is 18.1 Å². The van der Waals surface area contributed by atoms with E-state index in [1.165, 1.54) is 0 Å². The zero-order chi connectivity index (χ0) is 13.1.